The molecule has 10 nitrogen and oxygen atoms in total. The van der Waals surface area contributed by atoms with Crippen molar-refractivity contribution < 1.29 is 50.1 Å². The minimum Gasteiger partial charge on any atom is -0.490 e. The van der Waals surface area contributed by atoms with Crippen LogP contribution in [0.15, 0.2) is 47.4 Å². The third kappa shape index (κ3) is 11.4. The van der Waals surface area contributed by atoms with Crippen LogP contribution in [-0.4, -0.2) is 92.9 Å². The van der Waals surface area contributed by atoms with Crippen LogP contribution in [0.4, 0.5) is 23.2 Å². The lowest BCUT2D eigenvalue weighted by molar-refractivity contribution is -0.149. The molecule has 0 radical (unpaired) electrons. The van der Waals surface area contributed by atoms with E-state index in [0.717, 1.165) is 24.3 Å². The summed E-state index contributed by atoms with van der Waals surface area (Å²) in [6.45, 7) is 5.14. The summed E-state index contributed by atoms with van der Waals surface area (Å²) in [7, 11) is -2.74. The Bertz CT molecular complexity index is 1460. The van der Waals surface area contributed by atoms with Crippen LogP contribution in [0.3, 0.4) is 0 Å². The van der Waals surface area contributed by atoms with E-state index in [-0.39, 0.29) is 41.1 Å². The van der Waals surface area contributed by atoms with Crippen molar-refractivity contribution in [3.63, 3.8) is 0 Å². The lowest BCUT2D eigenvalue weighted by atomic mass is 10.0. The van der Waals surface area contributed by atoms with Crippen LogP contribution in [0, 0.1) is 11.7 Å². The third-order valence-electron chi connectivity index (χ3n) is 7.93. The minimum absolute atomic E-state index is 0.0151. The van der Waals surface area contributed by atoms with Crippen molar-refractivity contribution in [2.75, 3.05) is 38.1 Å². The first-order valence-electron chi connectivity index (χ1n) is 15.4. The van der Waals surface area contributed by atoms with Gasteiger partial charge >= 0.3 is 6.18 Å². The third-order valence-corrected chi connectivity index (χ3v) is 9.33. The summed E-state index contributed by atoms with van der Waals surface area (Å²) in [6.07, 6.45) is -5.50. The molecule has 2 aromatic carbocycles. The molecule has 1 aliphatic rings. The fourth-order valence-electron chi connectivity index (χ4n) is 5.09. The van der Waals surface area contributed by atoms with Crippen molar-refractivity contribution in [3.05, 3.63) is 53.8 Å². The van der Waals surface area contributed by atoms with Crippen molar-refractivity contribution in [1.82, 2.24) is 9.80 Å². The van der Waals surface area contributed by atoms with Crippen molar-refractivity contribution in [1.29, 1.82) is 0 Å². The molecule has 0 unspecified atom stereocenters. The first-order valence-corrected chi connectivity index (χ1v) is 16.9. The number of hydrogen-bond acceptors (Lipinski definition) is 7. The number of sulfonamides is 1. The molecule has 47 heavy (non-hydrogen) atoms. The van der Waals surface area contributed by atoms with E-state index in [4.69, 9.17) is 9.47 Å². The van der Waals surface area contributed by atoms with E-state index < -0.39 is 71.3 Å². The molecule has 3 rings (SSSR count). The molecule has 1 heterocycles. The molecule has 0 aliphatic carbocycles. The topological polar surface area (TPSA) is 125 Å². The predicted octanol–water partition coefficient (Wildman–Crippen LogP) is 5.22. The molecule has 1 aliphatic heterocycles. The van der Waals surface area contributed by atoms with Gasteiger partial charge in [-0.15, -0.1) is 0 Å². The lowest BCUT2D eigenvalue weighted by Crippen LogP contribution is -2.48. The number of halogens is 4. The Morgan fingerprint density at radius 3 is 2.47 bits per heavy atom. The molecular formula is C32H43F4N3O7S. The van der Waals surface area contributed by atoms with Gasteiger partial charge in [0, 0.05) is 44.8 Å². The summed E-state index contributed by atoms with van der Waals surface area (Å²) in [5.41, 5.74) is 0.0706. The molecule has 2 aromatic rings. The highest BCUT2D eigenvalue weighted by Crippen LogP contribution is 2.30. The van der Waals surface area contributed by atoms with Crippen molar-refractivity contribution in [2.45, 2.75) is 82.2 Å². The Hall–Kier alpha value is -3.43. The highest BCUT2D eigenvalue weighted by atomic mass is 32.2. The van der Waals surface area contributed by atoms with Crippen molar-refractivity contribution in [2.24, 2.45) is 5.92 Å². The van der Waals surface area contributed by atoms with Crippen LogP contribution >= 0.6 is 0 Å². The Morgan fingerprint density at radius 2 is 1.83 bits per heavy atom. The number of carbonyl (C=O) groups excluding carboxylic acids is 2. The van der Waals surface area contributed by atoms with Gasteiger partial charge in [0.25, 0.3) is 15.9 Å². The number of aliphatic hydroxyl groups is 1. The summed E-state index contributed by atoms with van der Waals surface area (Å²) < 4.78 is 92.3. The number of fused-ring (bicyclic) bond motifs is 1. The lowest BCUT2D eigenvalue weighted by Gasteiger charge is -2.36. The average molecular weight is 690 g/mol. The van der Waals surface area contributed by atoms with Crippen LogP contribution in [0.5, 0.6) is 5.75 Å². The molecule has 15 heteroatoms. The van der Waals surface area contributed by atoms with Gasteiger partial charge in [0.15, 0.2) is 0 Å². The number of ether oxygens (including phenoxy) is 2. The Labute approximate surface area is 273 Å². The van der Waals surface area contributed by atoms with Gasteiger partial charge in [-0.1, -0.05) is 6.92 Å². The summed E-state index contributed by atoms with van der Waals surface area (Å²) in [6, 6.07) is 7.79. The number of hydrogen-bond donors (Lipinski definition) is 2. The van der Waals surface area contributed by atoms with Gasteiger partial charge < -0.3 is 24.4 Å². The van der Waals surface area contributed by atoms with E-state index in [9.17, 15) is 40.7 Å². The molecule has 2 N–H and O–H groups in total. The van der Waals surface area contributed by atoms with Gasteiger partial charge in [0.05, 0.1) is 41.7 Å². The van der Waals surface area contributed by atoms with Gasteiger partial charge in [-0.2, -0.15) is 13.2 Å². The zero-order valence-corrected chi connectivity index (χ0v) is 27.7. The Balaban J connectivity index is 1.95. The number of amides is 2. The van der Waals surface area contributed by atoms with Gasteiger partial charge in [-0.3, -0.25) is 14.3 Å². The SMILES string of the molecule is C[C@@H]1CCCCO[C@@H](CN(C)C(=O)CCC(F)(F)F)[C@@H](C)CN([C@@H](C)CO)C(=O)c2cc(NS(=O)(=O)c3ccc(F)cc3)ccc2O1. The fourth-order valence-corrected chi connectivity index (χ4v) is 6.14. The number of carbonyl (C=O) groups is 2. The fraction of sp³-hybridized carbons (Fsp3) is 0.562. The largest absolute Gasteiger partial charge is 0.490 e. The molecule has 0 saturated heterocycles. The van der Waals surface area contributed by atoms with Crippen molar-refractivity contribution in [3.8, 4) is 5.75 Å². The molecule has 0 aromatic heterocycles. The van der Waals surface area contributed by atoms with Gasteiger partial charge in [-0.05, 0) is 75.6 Å². The highest BCUT2D eigenvalue weighted by molar-refractivity contribution is 7.92. The maximum Gasteiger partial charge on any atom is 0.389 e. The quantitative estimate of drug-likeness (QED) is 0.346. The smallest absolute Gasteiger partial charge is 0.389 e. The van der Waals surface area contributed by atoms with Gasteiger partial charge in [0.1, 0.15) is 11.6 Å². The normalized spacial score (nSPS) is 20.8. The van der Waals surface area contributed by atoms with Crippen molar-refractivity contribution >= 4 is 27.5 Å². The van der Waals surface area contributed by atoms with E-state index in [2.05, 4.69) is 4.72 Å². The molecule has 0 bridgehead atoms. The predicted molar refractivity (Wildman–Crippen MR) is 167 cm³/mol. The second kappa shape index (κ2) is 16.6. The number of likely N-dealkylation sites (N-methyl/N-ethyl adjacent to an activating group) is 1. The summed E-state index contributed by atoms with van der Waals surface area (Å²) in [4.78, 5) is 29.1. The van der Waals surface area contributed by atoms with E-state index in [1.54, 1.807) is 13.8 Å². The van der Waals surface area contributed by atoms with E-state index >= 15 is 0 Å². The average Bonchev–Trinajstić information content (AvgIpc) is 3.00. The van der Waals surface area contributed by atoms with Crippen LogP contribution in [-0.2, 0) is 19.6 Å². The molecule has 0 spiro atoms. The van der Waals surface area contributed by atoms with E-state index in [0.29, 0.717) is 25.9 Å². The molecule has 0 fully saturated rings. The number of rotatable bonds is 9. The van der Waals surface area contributed by atoms with Gasteiger partial charge in [-0.25, -0.2) is 12.8 Å². The molecule has 262 valence electrons. The second-order valence-corrected chi connectivity index (χ2v) is 13.6. The number of anilines is 1. The molecule has 2 amide bonds. The number of alkyl halides is 3. The highest BCUT2D eigenvalue weighted by Gasteiger charge is 2.32. The number of nitrogens with one attached hydrogen (secondary N) is 1. The number of aliphatic hydroxyl groups excluding tert-OH is 1. The number of nitrogens with zero attached hydrogens (tertiary/aromatic N) is 2. The first-order chi connectivity index (χ1) is 22.0. The van der Waals surface area contributed by atoms with E-state index in [1.165, 1.54) is 35.0 Å². The summed E-state index contributed by atoms with van der Waals surface area (Å²) >= 11 is 0. The maximum absolute atomic E-state index is 14.2. The molecule has 0 saturated carbocycles. The summed E-state index contributed by atoms with van der Waals surface area (Å²) in [5, 5.41) is 10.1. The van der Waals surface area contributed by atoms with Crippen LogP contribution < -0.4 is 9.46 Å². The molecule has 4 atom stereocenters. The minimum atomic E-state index is -4.47. The van der Waals surface area contributed by atoms with Crippen LogP contribution in [0.25, 0.3) is 0 Å². The first kappa shape index (κ1) is 38.0. The van der Waals surface area contributed by atoms with Crippen LogP contribution in [0.1, 0.15) is 63.2 Å². The standard InChI is InChI=1S/C32H43F4N3O7S/c1-21-18-39(22(2)20-40)31(42)27-17-25(37-47(43,44)26-11-8-24(33)9-12-26)10-13-28(27)46-23(3)7-5-6-16-45-29(21)19-38(4)30(41)14-15-32(34,35)36/h8-13,17,21-23,29,37,40H,5-7,14-16,18-20H2,1-4H3/t21-,22-,23+,29-/m0/s1. The maximum atomic E-state index is 14.2. The van der Waals surface area contributed by atoms with Crippen LogP contribution in [0.2, 0.25) is 0 Å². The number of benzene rings is 2. The zero-order valence-electron chi connectivity index (χ0n) is 26.9. The summed E-state index contributed by atoms with van der Waals surface area (Å²) in [5.74, 6) is -2.11. The molecular weight excluding hydrogens is 646 g/mol. The zero-order chi connectivity index (χ0) is 34.9. The van der Waals surface area contributed by atoms with Gasteiger partial charge in [0.2, 0.25) is 5.91 Å². The second-order valence-electron chi connectivity index (χ2n) is 12.0. The Morgan fingerprint density at radius 1 is 1.15 bits per heavy atom. The Kier molecular flexibility index (Phi) is 13.4. The van der Waals surface area contributed by atoms with E-state index in [1.807, 2.05) is 6.92 Å². The monoisotopic (exact) mass is 689 g/mol.